The number of nitrogens with zero attached hydrogens (tertiary/aromatic N) is 5. The molecule has 0 aliphatic heterocycles. The van der Waals surface area contributed by atoms with Crippen LogP contribution in [0.3, 0.4) is 0 Å². The van der Waals surface area contributed by atoms with Gasteiger partial charge in [0, 0.05) is 32.8 Å². The normalized spacial score (nSPS) is 11.1. The Hall–Kier alpha value is -7.39. The van der Waals surface area contributed by atoms with Crippen LogP contribution in [-0.2, 0) is 0 Å². The molecular formula is C45H25N5. The Morgan fingerprint density at radius 1 is 0.500 bits per heavy atom. The molecule has 50 heavy (non-hydrogen) atoms. The number of aromatic nitrogens is 2. The van der Waals surface area contributed by atoms with E-state index in [9.17, 15) is 10.5 Å². The third-order valence-electron chi connectivity index (χ3n) is 9.65. The fraction of sp³-hybridized carbons (Fsp3) is 0. The summed E-state index contributed by atoms with van der Waals surface area (Å²) in [5, 5.41) is 24.7. The van der Waals surface area contributed by atoms with Crippen LogP contribution in [0, 0.1) is 29.2 Å². The Kier molecular flexibility index (Phi) is 6.56. The summed E-state index contributed by atoms with van der Waals surface area (Å²) < 4.78 is 4.44. The lowest BCUT2D eigenvalue weighted by molar-refractivity contribution is 1.18. The molecule has 0 atom stereocenters. The van der Waals surface area contributed by atoms with Crippen molar-refractivity contribution in [3.05, 3.63) is 174 Å². The average molecular weight is 636 g/mol. The maximum absolute atomic E-state index is 10.8. The van der Waals surface area contributed by atoms with E-state index in [4.69, 9.17) is 6.57 Å². The van der Waals surface area contributed by atoms with Crippen molar-refractivity contribution in [2.75, 3.05) is 0 Å². The van der Waals surface area contributed by atoms with Crippen LogP contribution in [0.25, 0.3) is 82.1 Å². The highest BCUT2D eigenvalue weighted by Gasteiger charge is 2.22. The molecule has 9 aromatic rings. The molecule has 0 fully saturated rings. The third kappa shape index (κ3) is 4.24. The second-order valence-corrected chi connectivity index (χ2v) is 12.2. The van der Waals surface area contributed by atoms with Gasteiger partial charge >= 0.3 is 0 Å². The van der Waals surface area contributed by atoms with Crippen molar-refractivity contribution in [1.82, 2.24) is 9.13 Å². The summed E-state index contributed by atoms with van der Waals surface area (Å²) in [7, 11) is 0. The van der Waals surface area contributed by atoms with Gasteiger partial charge in [0.1, 0.15) is 0 Å². The van der Waals surface area contributed by atoms with Crippen LogP contribution in [0.5, 0.6) is 0 Å². The fourth-order valence-corrected chi connectivity index (χ4v) is 7.49. The summed E-state index contributed by atoms with van der Waals surface area (Å²) in [6.45, 7) is 8.14. The van der Waals surface area contributed by atoms with Gasteiger partial charge in [-0.1, -0.05) is 97.1 Å². The topological polar surface area (TPSA) is 61.8 Å². The van der Waals surface area contributed by atoms with Gasteiger partial charge in [0.15, 0.2) is 5.69 Å². The molecule has 0 aliphatic carbocycles. The van der Waals surface area contributed by atoms with Crippen LogP contribution in [0.2, 0.25) is 0 Å². The zero-order valence-electron chi connectivity index (χ0n) is 26.7. The Morgan fingerprint density at radius 3 is 1.72 bits per heavy atom. The molecule has 2 aromatic heterocycles. The smallest absolute Gasteiger partial charge is 0.196 e. The van der Waals surface area contributed by atoms with Crippen molar-refractivity contribution < 1.29 is 0 Å². The van der Waals surface area contributed by atoms with Gasteiger partial charge in [0.2, 0.25) is 0 Å². The van der Waals surface area contributed by atoms with Gasteiger partial charge in [-0.05, 0) is 71.3 Å². The quantitative estimate of drug-likeness (QED) is 0.181. The average Bonchev–Trinajstić information content (AvgIpc) is 3.70. The molecule has 5 nitrogen and oxygen atoms in total. The number of rotatable bonds is 4. The standard InChI is InChI=1S/C45H25N5/c1-48-39-24-23-32(30-19-21-31(22-20-30)49-40-14-6-4-12-35(40)37-26-29(27-46)18-25-44(37)49)38(28-47)45(39)36-13-5-9-17-43(36)50-41-15-7-2-10-33(41)34-11-3-8-16-42(34)50/h2-26H. The van der Waals surface area contributed by atoms with Gasteiger partial charge in [-0.3, -0.25) is 0 Å². The zero-order valence-corrected chi connectivity index (χ0v) is 26.7. The lowest BCUT2D eigenvalue weighted by atomic mass is 9.90. The van der Waals surface area contributed by atoms with Crippen molar-refractivity contribution in [3.8, 4) is 45.8 Å². The summed E-state index contributed by atoms with van der Waals surface area (Å²) >= 11 is 0. The van der Waals surface area contributed by atoms with E-state index in [0.29, 0.717) is 22.4 Å². The van der Waals surface area contributed by atoms with Gasteiger partial charge in [0.25, 0.3) is 0 Å². The molecular weight excluding hydrogens is 611 g/mol. The molecule has 2 heterocycles. The minimum Gasteiger partial charge on any atom is -0.309 e. The fourth-order valence-electron chi connectivity index (χ4n) is 7.49. The third-order valence-corrected chi connectivity index (χ3v) is 9.65. The molecule has 0 spiro atoms. The SMILES string of the molecule is [C-]#[N+]c1ccc(-c2ccc(-n3c4ccccc4c4cc(C#N)ccc43)cc2)c(C#N)c1-c1ccccc1-n1c2ccccc2c2ccccc21. The van der Waals surface area contributed by atoms with Gasteiger partial charge in [0.05, 0.1) is 57.6 Å². The summed E-state index contributed by atoms with van der Waals surface area (Å²) in [5.74, 6) is 0. The molecule has 7 aromatic carbocycles. The minimum absolute atomic E-state index is 0.428. The van der Waals surface area contributed by atoms with E-state index in [0.717, 1.165) is 71.7 Å². The van der Waals surface area contributed by atoms with E-state index in [-0.39, 0.29) is 0 Å². The monoisotopic (exact) mass is 635 g/mol. The largest absolute Gasteiger partial charge is 0.309 e. The molecule has 230 valence electrons. The van der Waals surface area contributed by atoms with Crippen LogP contribution in [0.1, 0.15) is 11.1 Å². The highest BCUT2D eigenvalue weighted by Crippen LogP contribution is 2.44. The summed E-state index contributed by atoms with van der Waals surface area (Å²) in [5.41, 5.74) is 10.7. The second kappa shape index (κ2) is 11.4. The molecule has 0 saturated heterocycles. The lowest BCUT2D eigenvalue weighted by Crippen LogP contribution is -1.99. The summed E-state index contributed by atoms with van der Waals surface area (Å²) in [4.78, 5) is 3.92. The van der Waals surface area contributed by atoms with Crippen molar-refractivity contribution in [1.29, 1.82) is 10.5 Å². The summed E-state index contributed by atoms with van der Waals surface area (Å²) in [6, 6.07) is 55.4. The molecule has 0 aliphatic rings. The number of benzene rings is 7. The van der Waals surface area contributed by atoms with Crippen molar-refractivity contribution in [2.24, 2.45) is 0 Å². The highest BCUT2D eigenvalue weighted by molar-refractivity contribution is 6.11. The lowest BCUT2D eigenvalue weighted by Gasteiger charge is -2.18. The first-order valence-corrected chi connectivity index (χ1v) is 16.3. The molecule has 5 heteroatoms. The van der Waals surface area contributed by atoms with E-state index in [1.807, 2.05) is 84.9 Å². The van der Waals surface area contributed by atoms with E-state index < -0.39 is 0 Å². The maximum Gasteiger partial charge on any atom is 0.196 e. The predicted octanol–water partition coefficient (Wildman–Crippen LogP) is 11.5. The number of fused-ring (bicyclic) bond motifs is 6. The predicted molar refractivity (Wildman–Crippen MR) is 202 cm³/mol. The molecule has 0 N–H and O–H groups in total. The van der Waals surface area contributed by atoms with E-state index >= 15 is 0 Å². The zero-order chi connectivity index (χ0) is 33.8. The highest BCUT2D eigenvalue weighted by atomic mass is 15.0. The van der Waals surface area contributed by atoms with Crippen molar-refractivity contribution in [2.45, 2.75) is 0 Å². The summed E-state index contributed by atoms with van der Waals surface area (Å²) in [6.07, 6.45) is 0. The first kappa shape index (κ1) is 28.8. The van der Waals surface area contributed by atoms with Gasteiger partial charge < -0.3 is 9.13 Å². The van der Waals surface area contributed by atoms with E-state index in [2.05, 4.69) is 92.8 Å². The Bertz CT molecular complexity index is 2900. The number of hydrogen-bond donors (Lipinski definition) is 0. The first-order chi connectivity index (χ1) is 24.7. The molecule has 0 saturated carbocycles. The van der Waals surface area contributed by atoms with Crippen LogP contribution in [0.4, 0.5) is 5.69 Å². The van der Waals surface area contributed by atoms with Crippen LogP contribution in [-0.4, -0.2) is 9.13 Å². The molecule has 0 radical (unpaired) electrons. The van der Waals surface area contributed by atoms with Crippen LogP contribution < -0.4 is 0 Å². The maximum atomic E-state index is 10.8. The number of hydrogen-bond acceptors (Lipinski definition) is 2. The van der Waals surface area contributed by atoms with Crippen molar-refractivity contribution >= 4 is 49.3 Å². The van der Waals surface area contributed by atoms with E-state index in [1.165, 1.54) is 0 Å². The minimum atomic E-state index is 0.428. The first-order valence-electron chi connectivity index (χ1n) is 16.3. The number of nitriles is 2. The van der Waals surface area contributed by atoms with Gasteiger partial charge in [-0.15, -0.1) is 0 Å². The van der Waals surface area contributed by atoms with Gasteiger partial charge in [-0.25, -0.2) is 4.85 Å². The van der Waals surface area contributed by atoms with Crippen LogP contribution >= 0.6 is 0 Å². The van der Waals surface area contributed by atoms with Crippen molar-refractivity contribution in [3.63, 3.8) is 0 Å². The Balaban J connectivity index is 1.23. The van der Waals surface area contributed by atoms with E-state index in [1.54, 1.807) is 0 Å². The molecule has 0 unspecified atom stereocenters. The molecule has 0 bridgehead atoms. The second-order valence-electron chi connectivity index (χ2n) is 12.2. The Morgan fingerprint density at radius 2 is 1.08 bits per heavy atom. The van der Waals surface area contributed by atoms with Crippen LogP contribution in [0.15, 0.2) is 152 Å². The molecule has 0 amide bonds. The number of para-hydroxylation sites is 4. The molecule has 9 rings (SSSR count). The van der Waals surface area contributed by atoms with Gasteiger partial charge in [-0.2, -0.15) is 10.5 Å². The Labute approximate surface area is 288 Å².